The van der Waals surface area contributed by atoms with Crippen molar-refractivity contribution in [1.82, 2.24) is 15.3 Å². The van der Waals surface area contributed by atoms with Gasteiger partial charge in [0.25, 0.3) is 5.56 Å². The van der Waals surface area contributed by atoms with Gasteiger partial charge in [-0.15, -0.1) is 11.3 Å². The van der Waals surface area contributed by atoms with Crippen molar-refractivity contribution < 1.29 is 4.74 Å². The molecule has 0 atom stereocenters. The highest BCUT2D eigenvalue weighted by molar-refractivity contribution is 7.17. The second-order valence-corrected chi connectivity index (χ2v) is 5.32. The Hall–Kier alpha value is -1.24. The summed E-state index contributed by atoms with van der Waals surface area (Å²) in [4.78, 5) is 18.9. The first kappa shape index (κ1) is 11.8. The molecule has 18 heavy (non-hydrogen) atoms. The lowest BCUT2D eigenvalue weighted by Crippen LogP contribution is -2.32. The van der Waals surface area contributed by atoms with Crippen LogP contribution in [0.5, 0.6) is 0 Å². The Kier molecular flexibility index (Phi) is 3.40. The Labute approximate surface area is 108 Å². The number of piperidine rings is 1. The van der Waals surface area contributed by atoms with Crippen molar-refractivity contribution in [3.8, 4) is 0 Å². The minimum absolute atomic E-state index is 0.0705. The molecular weight excluding hydrogens is 250 g/mol. The summed E-state index contributed by atoms with van der Waals surface area (Å²) in [7, 11) is 0. The molecule has 1 saturated heterocycles. The molecule has 2 N–H and O–H groups in total. The summed E-state index contributed by atoms with van der Waals surface area (Å²) in [6.45, 7) is 2.38. The van der Waals surface area contributed by atoms with E-state index in [2.05, 4.69) is 15.3 Å². The van der Waals surface area contributed by atoms with Gasteiger partial charge in [-0.3, -0.25) is 4.79 Å². The van der Waals surface area contributed by atoms with E-state index in [0.717, 1.165) is 31.4 Å². The first-order valence-corrected chi connectivity index (χ1v) is 6.99. The van der Waals surface area contributed by atoms with Crippen LogP contribution in [0.4, 0.5) is 0 Å². The number of rotatable bonds is 3. The number of hydrogen-bond acceptors (Lipinski definition) is 5. The average molecular weight is 265 g/mol. The quantitative estimate of drug-likeness (QED) is 0.876. The van der Waals surface area contributed by atoms with Crippen molar-refractivity contribution in [2.75, 3.05) is 13.1 Å². The van der Waals surface area contributed by atoms with E-state index >= 15 is 0 Å². The van der Waals surface area contributed by atoms with E-state index in [0.29, 0.717) is 17.1 Å². The van der Waals surface area contributed by atoms with E-state index in [1.54, 1.807) is 0 Å². The lowest BCUT2D eigenvalue weighted by molar-refractivity contribution is 0.0178. The molecule has 6 heteroatoms. The van der Waals surface area contributed by atoms with Crippen LogP contribution in [0.1, 0.15) is 18.7 Å². The average Bonchev–Trinajstić information content (AvgIpc) is 2.86. The second-order valence-electron chi connectivity index (χ2n) is 4.41. The Morgan fingerprint density at radius 1 is 1.44 bits per heavy atom. The monoisotopic (exact) mass is 265 g/mol. The number of nitrogens with one attached hydrogen (secondary N) is 2. The molecular formula is C12H15N3O2S. The Morgan fingerprint density at radius 3 is 3.11 bits per heavy atom. The maximum Gasteiger partial charge on any atom is 0.268 e. The molecule has 96 valence electrons. The van der Waals surface area contributed by atoms with Gasteiger partial charge in [0, 0.05) is 0 Å². The van der Waals surface area contributed by atoms with Crippen molar-refractivity contribution in [1.29, 1.82) is 0 Å². The fourth-order valence-corrected chi connectivity index (χ4v) is 2.87. The van der Waals surface area contributed by atoms with Crippen LogP contribution in [-0.4, -0.2) is 29.2 Å². The number of aromatic nitrogens is 2. The topological polar surface area (TPSA) is 67.0 Å². The Morgan fingerprint density at radius 2 is 2.28 bits per heavy atom. The third-order valence-electron chi connectivity index (χ3n) is 3.11. The minimum atomic E-state index is -0.0705. The van der Waals surface area contributed by atoms with Crippen molar-refractivity contribution in [2.24, 2.45) is 0 Å². The third kappa shape index (κ3) is 2.45. The van der Waals surface area contributed by atoms with Gasteiger partial charge in [-0.2, -0.15) is 0 Å². The number of aromatic amines is 1. The summed E-state index contributed by atoms with van der Waals surface area (Å²) in [5.41, 5.74) is 0.687. The van der Waals surface area contributed by atoms with Crippen molar-refractivity contribution in [3.05, 3.63) is 27.6 Å². The molecule has 1 aliphatic rings. The highest BCUT2D eigenvalue weighted by Gasteiger charge is 2.14. The highest BCUT2D eigenvalue weighted by atomic mass is 32.1. The van der Waals surface area contributed by atoms with Crippen LogP contribution in [0.15, 0.2) is 16.2 Å². The molecule has 0 aromatic carbocycles. The maximum atomic E-state index is 11.8. The summed E-state index contributed by atoms with van der Waals surface area (Å²) in [5.74, 6) is 0.615. The van der Waals surface area contributed by atoms with Crippen LogP contribution in [0.25, 0.3) is 10.2 Å². The molecule has 0 radical (unpaired) electrons. The summed E-state index contributed by atoms with van der Waals surface area (Å²) in [6.07, 6.45) is 2.31. The number of ether oxygens (including phenoxy) is 1. The van der Waals surface area contributed by atoms with Crippen LogP contribution in [0.3, 0.4) is 0 Å². The number of hydrogen-bond donors (Lipinski definition) is 2. The van der Waals surface area contributed by atoms with Gasteiger partial charge >= 0.3 is 0 Å². The molecule has 5 nitrogen and oxygen atoms in total. The highest BCUT2D eigenvalue weighted by Crippen LogP contribution is 2.14. The molecule has 0 aliphatic carbocycles. The van der Waals surface area contributed by atoms with Gasteiger partial charge < -0.3 is 15.0 Å². The van der Waals surface area contributed by atoms with E-state index in [9.17, 15) is 4.79 Å². The van der Waals surface area contributed by atoms with E-state index in [4.69, 9.17) is 4.74 Å². The predicted octanol–water partition coefficient (Wildman–Crippen LogP) is 1.25. The maximum absolute atomic E-state index is 11.8. The van der Waals surface area contributed by atoms with Gasteiger partial charge in [0.05, 0.1) is 11.6 Å². The molecule has 1 aliphatic heterocycles. The number of thiophene rings is 1. The van der Waals surface area contributed by atoms with E-state index in [1.807, 2.05) is 11.4 Å². The first-order valence-electron chi connectivity index (χ1n) is 6.11. The van der Waals surface area contributed by atoms with Gasteiger partial charge in [-0.25, -0.2) is 4.98 Å². The molecule has 2 aromatic rings. The third-order valence-corrected chi connectivity index (χ3v) is 4.01. The smallest absolute Gasteiger partial charge is 0.268 e. The van der Waals surface area contributed by atoms with Crippen molar-refractivity contribution >= 4 is 21.6 Å². The van der Waals surface area contributed by atoms with Crippen LogP contribution in [0.2, 0.25) is 0 Å². The van der Waals surface area contributed by atoms with Gasteiger partial charge in [-0.1, -0.05) is 0 Å². The molecule has 2 aromatic heterocycles. The summed E-state index contributed by atoms with van der Waals surface area (Å²) >= 11 is 1.41. The molecule has 3 rings (SSSR count). The molecule has 0 saturated carbocycles. The van der Waals surface area contributed by atoms with Crippen LogP contribution >= 0.6 is 11.3 Å². The zero-order valence-electron chi connectivity index (χ0n) is 9.94. The zero-order valence-corrected chi connectivity index (χ0v) is 10.8. The summed E-state index contributed by atoms with van der Waals surface area (Å²) < 4.78 is 6.46. The van der Waals surface area contributed by atoms with Gasteiger partial charge in [0.2, 0.25) is 0 Å². The number of fused-ring (bicyclic) bond motifs is 1. The van der Waals surface area contributed by atoms with E-state index < -0.39 is 0 Å². The van der Waals surface area contributed by atoms with Gasteiger partial charge in [0.15, 0.2) is 0 Å². The molecule has 1 fully saturated rings. The normalized spacial score (nSPS) is 17.3. The van der Waals surface area contributed by atoms with Crippen LogP contribution < -0.4 is 10.9 Å². The molecule has 0 spiro atoms. The van der Waals surface area contributed by atoms with E-state index in [1.165, 1.54) is 11.3 Å². The Bertz CT molecular complexity index is 586. The largest absolute Gasteiger partial charge is 0.370 e. The standard InChI is InChI=1S/C12H15N3O2S/c16-12-11-9(3-6-18-11)14-10(15-12)7-17-8-1-4-13-5-2-8/h3,6,8,13H,1-2,4-5,7H2,(H,14,15,16). The minimum Gasteiger partial charge on any atom is -0.370 e. The van der Waals surface area contributed by atoms with Gasteiger partial charge in [-0.05, 0) is 37.4 Å². The fourth-order valence-electron chi connectivity index (χ4n) is 2.15. The number of nitrogens with zero attached hydrogens (tertiary/aromatic N) is 1. The van der Waals surface area contributed by atoms with E-state index in [-0.39, 0.29) is 11.7 Å². The lowest BCUT2D eigenvalue weighted by Gasteiger charge is -2.22. The van der Waals surface area contributed by atoms with Crippen LogP contribution in [0, 0.1) is 0 Å². The lowest BCUT2D eigenvalue weighted by atomic mass is 10.1. The first-order chi connectivity index (χ1) is 8.83. The molecule has 0 bridgehead atoms. The van der Waals surface area contributed by atoms with Crippen molar-refractivity contribution in [2.45, 2.75) is 25.6 Å². The predicted molar refractivity (Wildman–Crippen MR) is 70.9 cm³/mol. The van der Waals surface area contributed by atoms with Gasteiger partial charge in [0.1, 0.15) is 17.1 Å². The Balaban J connectivity index is 1.72. The van der Waals surface area contributed by atoms with Crippen molar-refractivity contribution in [3.63, 3.8) is 0 Å². The second kappa shape index (κ2) is 5.17. The zero-order chi connectivity index (χ0) is 12.4. The summed E-state index contributed by atoms with van der Waals surface area (Å²) in [6, 6.07) is 1.86. The fraction of sp³-hybridized carbons (Fsp3) is 0.500. The molecule has 3 heterocycles. The van der Waals surface area contributed by atoms with Crippen LogP contribution in [-0.2, 0) is 11.3 Å². The molecule has 0 unspecified atom stereocenters. The SMILES string of the molecule is O=c1[nH]c(COC2CCNCC2)nc2ccsc12. The summed E-state index contributed by atoms with van der Waals surface area (Å²) in [5, 5.41) is 5.17. The molecule has 0 amide bonds. The number of H-pyrrole nitrogens is 1.